The van der Waals surface area contributed by atoms with Gasteiger partial charge in [0.2, 0.25) is 5.91 Å². The Hall–Kier alpha value is -3.56. The lowest BCUT2D eigenvalue weighted by Crippen LogP contribution is -2.44. The van der Waals surface area contributed by atoms with Crippen LogP contribution in [0.1, 0.15) is 32.8 Å². The third-order valence-electron chi connectivity index (χ3n) is 6.50. The van der Waals surface area contributed by atoms with Crippen LogP contribution in [0.15, 0.2) is 53.9 Å². The van der Waals surface area contributed by atoms with Gasteiger partial charge in [0, 0.05) is 37.2 Å². The van der Waals surface area contributed by atoms with Crippen molar-refractivity contribution >= 4 is 23.2 Å². The minimum Gasteiger partial charge on any atom is -0.497 e. The van der Waals surface area contributed by atoms with Gasteiger partial charge in [-0.2, -0.15) is 0 Å². The predicted molar refractivity (Wildman–Crippen MR) is 153 cm³/mol. The number of ether oxygens (including phenoxy) is 4. The van der Waals surface area contributed by atoms with E-state index in [9.17, 15) is 9.59 Å². The molecule has 0 N–H and O–H groups in total. The molecule has 0 spiro atoms. The Morgan fingerprint density at radius 3 is 2.21 bits per heavy atom. The summed E-state index contributed by atoms with van der Waals surface area (Å²) in [6.07, 6.45) is 1.26. The molecular weight excluding hydrogens is 516 g/mol. The molecule has 0 radical (unpaired) electrons. The summed E-state index contributed by atoms with van der Waals surface area (Å²) in [5.41, 5.74) is 2.68. The lowest BCUT2D eigenvalue weighted by Gasteiger charge is -2.28. The molecule has 9 heteroatoms. The fourth-order valence-corrected chi connectivity index (χ4v) is 5.08. The largest absolute Gasteiger partial charge is 0.497 e. The lowest BCUT2D eigenvalue weighted by atomic mass is 10.1. The Morgan fingerprint density at radius 2 is 1.59 bits per heavy atom. The van der Waals surface area contributed by atoms with Crippen molar-refractivity contribution in [2.45, 2.75) is 26.3 Å². The van der Waals surface area contributed by atoms with Crippen LogP contribution in [0.5, 0.6) is 17.2 Å². The number of amides is 2. The molecule has 0 saturated heterocycles. The maximum Gasteiger partial charge on any atom is 0.254 e. The number of nitrogens with zero attached hydrogens (tertiary/aromatic N) is 2. The predicted octanol–water partition coefficient (Wildman–Crippen LogP) is 4.83. The van der Waals surface area contributed by atoms with Gasteiger partial charge in [0.25, 0.3) is 5.91 Å². The van der Waals surface area contributed by atoms with E-state index in [1.165, 1.54) is 0 Å². The van der Waals surface area contributed by atoms with Gasteiger partial charge < -0.3 is 28.7 Å². The molecule has 1 heterocycles. The first kappa shape index (κ1) is 30.0. The molecule has 0 atom stereocenters. The number of hydrogen-bond donors (Lipinski definition) is 0. The monoisotopic (exact) mass is 554 g/mol. The van der Waals surface area contributed by atoms with Crippen LogP contribution in [0.4, 0.5) is 0 Å². The molecule has 39 heavy (non-hydrogen) atoms. The second-order valence-corrected chi connectivity index (χ2v) is 10.1. The first-order valence-electron chi connectivity index (χ1n) is 12.8. The number of carbonyl (C=O) groups excluding carboxylic acids is 2. The molecular formula is C30H38N2O6S. The van der Waals surface area contributed by atoms with Crippen LogP contribution >= 0.6 is 11.3 Å². The third-order valence-corrected chi connectivity index (χ3v) is 7.51. The van der Waals surface area contributed by atoms with E-state index >= 15 is 0 Å². The van der Waals surface area contributed by atoms with Gasteiger partial charge >= 0.3 is 0 Å². The second-order valence-electron chi connectivity index (χ2n) is 9.08. The molecule has 0 saturated carbocycles. The van der Waals surface area contributed by atoms with Gasteiger partial charge in [-0.3, -0.25) is 9.59 Å². The van der Waals surface area contributed by atoms with Crippen LogP contribution in [-0.2, 0) is 22.5 Å². The van der Waals surface area contributed by atoms with Crippen molar-refractivity contribution in [1.82, 2.24) is 9.80 Å². The van der Waals surface area contributed by atoms with Crippen molar-refractivity contribution in [3.8, 4) is 17.2 Å². The number of carbonyl (C=O) groups is 2. The summed E-state index contributed by atoms with van der Waals surface area (Å²) in [6, 6.07) is 14.8. The zero-order chi connectivity index (χ0) is 28.2. The molecule has 0 aliphatic rings. The summed E-state index contributed by atoms with van der Waals surface area (Å²) >= 11 is 1.63. The zero-order valence-corrected chi connectivity index (χ0v) is 24.2. The van der Waals surface area contributed by atoms with Crippen molar-refractivity contribution in [2.75, 3.05) is 54.7 Å². The first-order valence-corrected chi connectivity index (χ1v) is 13.7. The summed E-state index contributed by atoms with van der Waals surface area (Å²) in [5.74, 6) is 1.67. The Kier molecular flexibility index (Phi) is 11.6. The molecule has 3 aromatic rings. The summed E-state index contributed by atoms with van der Waals surface area (Å²) in [6.45, 7) is 3.91. The van der Waals surface area contributed by atoms with Crippen molar-refractivity contribution in [3.63, 3.8) is 0 Å². The van der Waals surface area contributed by atoms with Gasteiger partial charge in [0.1, 0.15) is 12.3 Å². The van der Waals surface area contributed by atoms with Crippen LogP contribution in [0.2, 0.25) is 0 Å². The molecule has 210 valence electrons. The fraction of sp³-hybridized carbons (Fsp3) is 0.400. The minimum atomic E-state index is -0.200. The minimum absolute atomic E-state index is 0.0229. The summed E-state index contributed by atoms with van der Waals surface area (Å²) in [4.78, 5) is 31.7. The molecule has 2 amide bonds. The molecule has 0 aliphatic carbocycles. The number of aryl methyl sites for hydroxylation is 1. The second kappa shape index (κ2) is 15.1. The Morgan fingerprint density at radius 1 is 0.846 bits per heavy atom. The molecule has 0 fully saturated rings. The lowest BCUT2D eigenvalue weighted by molar-refractivity contribution is -0.132. The van der Waals surface area contributed by atoms with E-state index in [0.717, 1.165) is 16.0 Å². The number of rotatable bonds is 15. The highest BCUT2D eigenvalue weighted by Crippen LogP contribution is 2.28. The fourth-order valence-electron chi connectivity index (χ4n) is 4.16. The van der Waals surface area contributed by atoms with Crippen molar-refractivity contribution in [3.05, 3.63) is 75.5 Å². The quantitative estimate of drug-likeness (QED) is 0.251. The Labute approximate surface area is 235 Å². The van der Waals surface area contributed by atoms with Crippen molar-refractivity contribution in [1.29, 1.82) is 0 Å². The van der Waals surface area contributed by atoms with Crippen LogP contribution in [0, 0.1) is 6.92 Å². The highest BCUT2D eigenvalue weighted by atomic mass is 32.1. The zero-order valence-electron chi connectivity index (χ0n) is 23.4. The van der Waals surface area contributed by atoms with Gasteiger partial charge in [0.05, 0.1) is 27.9 Å². The van der Waals surface area contributed by atoms with Gasteiger partial charge in [-0.15, -0.1) is 11.3 Å². The maximum atomic E-state index is 13.7. The molecule has 2 aromatic carbocycles. The molecule has 0 bridgehead atoms. The topological polar surface area (TPSA) is 77.5 Å². The number of hydrogen-bond acceptors (Lipinski definition) is 7. The Balaban J connectivity index is 1.80. The normalized spacial score (nSPS) is 10.7. The van der Waals surface area contributed by atoms with E-state index in [4.69, 9.17) is 18.9 Å². The van der Waals surface area contributed by atoms with E-state index in [0.29, 0.717) is 61.9 Å². The number of methoxy groups -OCH3 is 4. The molecule has 0 unspecified atom stereocenters. The van der Waals surface area contributed by atoms with Gasteiger partial charge in [-0.25, -0.2) is 0 Å². The summed E-state index contributed by atoms with van der Waals surface area (Å²) < 4.78 is 21.2. The smallest absolute Gasteiger partial charge is 0.254 e. The highest BCUT2D eigenvalue weighted by Gasteiger charge is 2.23. The molecule has 8 nitrogen and oxygen atoms in total. The first-order chi connectivity index (χ1) is 18.9. The van der Waals surface area contributed by atoms with E-state index in [-0.39, 0.29) is 18.4 Å². The van der Waals surface area contributed by atoms with Crippen LogP contribution in [0.3, 0.4) is 0 Å². The van der Waals surface area contributed by atoms with Crippen molar-refractivity contribution in [2.24, 2.45) is 0 Å². The average Bonchev–Trinajstić information content (AvgIpc) is 3.37. The maximum absolute atomic E-state index is 13.7. The average molecular weight is 555 g/mol. The molecule has 1 aromatic heterocycles. The van der Waals surface area contributed by atoms with E-state index in [1.807, 2.05) is 35.4 Å². The van der Waals surface area contributed by atoms with Gasteiger partial charge in [-0.1, -0.05) is 6.07 Å². The van der Waals surface area contributed by atoms with Crippen molar-refractivity contribution < 1.29 is 28.5 Å². The molecule has 0 aliphatic heterocycles. The highest BCUT2D eigenvalue weighted by molar-refractivity contribution is 7.10. The summed E-state index contributed by atoms with van der Waals surface area (Å²) in [5, 5.41) is 2.03. The third kappa shape index (κ3) is 8.46. The standard InChI is InChI=1S/C30H38N2O6S/c1-22-14-18-39-28(22)20-31(16-13-23-7-12-26(37-4)27(19-23)38-5)29(33)21-32(15-6-17-35-2)30(34)24-8-10-25(36-3)11-9-24/h7-12,14,18-19H,6,13,15-17,20-21H2,1-5H3. The van der Waals surface area contributed by atoms with Crippen LogP contribution < -0.4 is 14.2 Å². The van der Waals surface area contributed by atoms with E-state index < -0.39 is 0 Å². The van der Waals surface area contributed by atoms with Gasteiger partial charge in [-0.05, 0) is 78.7 Å². The molecule has 3 rings (SSSR count). The Bertz CT molecular complexity index is 1210. The SMILES string of the molecule is COCCCN(CC(=O)N(CCc1ccc(OC)c(OC)c1)Cc1sccc1C)C(=O)c1ccc(OC)cc1. The van der Waals surface area contributed by atoms with Gasteiger partial charge in [0.15, 0.2) is 11.5 Å². The number of benzene rings is 2. The van der Waals surface area contributed by atoms with E-state index in [2.05, 4.69) is 6.07 Å². The summed E-state index contributed by atoms with van der Waals surface area (Å²) in [7, 11) is 6.42. The van der Waals surface area contributed by atoms with Crippen LogP contribution in [0.25, 0.3) is 0 Å². The number of thiophene rings is 1. The van der Waals surface area contributed by atoms with E-state index in [1.54, 1.807) is 68.9 Å². The van der Waals surface area contributed by atoms with Crippen LogP contribution in [-0.4, -0.2) is 76.3 Å².